The zero-order chi connectivity index (χ0) is 25.5. The summed E-state index contributed by atoms with van der Waals surface area (Å²) in [5.74, 6) is -2.03. The van der Waals surface area contributed by atoms with Crippen LogP contribution in [0.5, 0.6) is 0 Å². The van der Waals surface area contributed by atoms with Gasteiger partial charge in [0.05, 0.1) is 21.8 Å². The third-order valence-corrected chi connectivity index (χ3v) is 6.80. The van der Waals surface area contributed by atoms with Crippen LogP contribution in [-0.2, 0) is 22.6 Å². The summed E-state index contributed by atoms with van der Waals surface area (Å²) in [6.45, 7) is 3.83. The van der Waals surface area contributed by atoms with Gasteiger partial charge < -0.3 is 4.98 Å². The molecular formula is C23H19F5N4O2S. The van der Waals surface area contributed by atoms with Crippen LogP contribution in [0.1, 0.15) is 42.1 Å². The lowest BCUT2D eigenvalue weighted by molar-refractivity contribution is -0.137. The second-order valence-corrected chi connectivity index (χ2v) is 9.83. The molecule has 2 heterocycles. The quantitative estimate of drug-likeness (QED) is 0.323. The molecule has 0 atom stereocenters. The molecule has 0 aliphatic heterocycles. The molecule has 184 valence electrons. The fraction of sp³-hybridized carbons (Fsp3) is 0.217. The summed E-state index contributed by atoms with van der Waals surface area (Å²) in [6, 6.07) is 4.55. The molecule has 0 radical (unpaired) electrons. The molecule has 0 amide bonds. The summed E-state index contributed by atoms with van der Waals surface area (Å²) in [7, 11) is -4.45. The third kappa shape index (κ3) is 4.83. The Morgan fingerprint density at radius 3 is 2.34 bits per heavy atom. The van der Waals surface area contributed by atoms with E-state index in [0.29, 0.717) is 34.4 Å². The first-order valence-corrected chi connectivity index (χ1v) is 11.8. The Morgan fingerprint density at radius 1 is 1.03 bits per heavy atom. The number of rotatable bonds is 6. The van der Waals surface area contributed by atoms with Gasteiger partial charge in [0.25, 0.3) is 10.0 Å². The van der Waals surface area contributed by atoms with Crippen LogP contribution in [0.3, 0.4) is 0 Å². The summed E-state index contributed by atoms with van der Waals surface area (Å²) in [5.41, 5.74) is -0.261. The van der Waals surface area contributed by atoms with E-state index in [2.05, 4.69) is 15.0 Å². The fourth-order valence-corrected chi connectivity index (χ4v) is 4.75. The van der Waals surface area contributed by atoms with Gasteiger partial charge in [-0.2, -0.15) is 13.2 Å². The highest BCUT2D eigenvalue weighted by atomic mass is 32.2. The Bertz CT molecular complexity index is 1500. The Labute approximate surface area is 197 Å². The number of sulfonamides is 1. The van der Waals surface area contributed by atoms with Crippen molar-refractivity contribution < 1.29 is 30.4 Å². The van der Waals surface area contributed by atoms with E-state index in [1.54, 1.807) is 6.20 Å². The normalized spacial score (nSPS) is 12.5. The van der Waals surface area contributed by atoms with Crippen LogP contribution < -0.4 is 4.72 Å². The van der Waals surface area contributed by atoms with Crippen molar-refractivity contribution >= 4 is 26.7 Å². The number of aromatic nitrogens is 3. The maximum absolute atomic E-state index is 15.3. The minimum atomic E-state index is -4.64. The Morgan fingerprint density at radius 2 is 1.71 bits per heavy atom. The first-order chi connectivity index (χ1) is 16.4. The third-order valence-electron chi connectivity index (χ3n) is 5.42. The van der Waals surface area contributed by atoms with Gasteiger partial charge in [-0.05, 0) is 47.9 Å². The predicted octanol–water partition coefficient (Wildman–Crippen LogP) is 5.77. The van der Waals surface area contributed by atoms with Crippen LogP contribution in [0.2, 0.25) is 0 Å². The van der Waals surface area contributed by atoms with Crippen molar-refractivity contribution in [2.75, 3.05) is 4.72 Å². The van der Waals surface area contributed by atoms with E-state index >= 15 is 4.39 Å². The van der Waals surface area contributed by atoms with Crippen molar-refractivity contribution in [2.24, 2.45) is 0 Å². The minimum Gasteiger partial charge on any atom is -0.346 e. The summed E-state index contributed by atoms with van der Waals surface area (Å²) in [6.07, 6.45) is -1.92. The number of nitrogens with one attached hydrogen (secondary N) is 2. The van der Waals surface area contributed by atoms with Crippen LogP contribution in [0.25, 0.3) is 11.0 Å². The molecule has 4 rings (SSSR count). The number of fused-ring (bicyclic) bond motifs is 1. The van der Waals surface area contributed by atoms with Gasteiger partial charge in [0, 0.05) is 23.6 Å². The van der Waals surface area contributed by atoms with Crippen LogP contribution in [0.15, 0.2) is 53.8 Å². The average molecular weight is 510 g/mol. The van der Waals surface area contributed by atoms with Crippen LogP contribution in [0.4, 0.5) is 27.6 Å². The zero-order valence-electron chi connectivity index (χ0n) is 18.4. The van der Waals surface area contributed by atoms with Crippen LogP contribution in [0, 0.1) is 11.6 Å². The monoisotopic (exact) mass is 510 g/mol. The van der Waals surface area contributed by atoms with Gasteiger partial charge in [0.2, 0.25) is 0 Å². The lowest BCUT2D eigenvalue weighted by Gasteiger charge is -2.13. The smallest absolute Gasteiger partial charge is 0.346 e. The van der Waals surface area contributed by atoms with E-state index in [4.69, 9.17) is 0 Å². The number of aromatic amines is 1. The summed E-state index contributed by atoms with van der Waals surface area (Å²) >= 11 is 0. The molecule has 0 aliphatic carbocycles. The second kappa shape index (κ2) is 8.91. The van der Waals surface area contributed by atoms with Crippen molar-refractivity contribution in [3.63, 3.8) is 0 Å². The van der Waals surface area contributed by atoms with Crippen molar-refractivity contribution in [3.8, 4) is 0 Å². The van der Waals surface area contributed by atoms with Gasteiger partial charge in [-0.1, -0.05) is 13.8 Å². The van der Waals surface area contributed by atoms with Gasteiger partial charge >= 0.3 is 6.18 Å². The first-order valence-electron chi connectivity index (χ1n) is 10.4. The maximum Gasteiger partial charge on any atom is 0.416 e. The van der Waals surface area contributed by atoms with E-state index in [0.717, 1.165) is 24.3 Å². The minimum absolute atomic E-state index is 0.00613. The Hall–Kier alpha value is -3.54. The molecule has 0 unspecified atom stereocenters. The molecule has 2 aromatic carbocycles. The topological polar surface area (TPSA) is 87.7 Å². The number of hydrogen-bond acceptors (Lipinski definition) is 4. The highest BCUT2D eigenvalue weighted by Crippen LogP contribution is 2.32. The van der Waals surface area contributed by atoms with Gasteiger partial charge in [0.1, 0.15) is 17.8 Å². The summed E-state index contributed by atoms with van der Waals surface area (Å²) in [4.78, 5) is 10.8. The SMILES string of the molecule is CC(C)c1ncnc2[nH]cc(Cc3c(F)ccc(NS(=O)(=O)c4ccc(C(F)(F)F)cc4)c3F)c12. The molecule has 12 heteroatoms. The van der Waals surface area contributed by atoms with Gasteiger partial charge in [0.15, 0.2) is 5.82 Å². The number of alkyl halides is 3. The number of halogens is 5. The van der Waals surface area contributed by atoms with E-state index in [1.807, 2.05) is 18.6 Å². The maximum atomic E-state index is 15.3. The van der Waals surface area contributed by atoms with Crippen LogP contribution in [-0.4, -0.2) is 23.4 Å². The second-order valence-electron chi connectivity index (χ2n) is 8.14. The molecule has 0 fully saturated rings. The van der Waals surface area contributed by atoms with Gasteiger partial charge in [-0.25, -0.2) is 27.2 Å². The van der Waals surface area contributed by atoms with E-state index in [-0.39, 0.29) is 12.3 Å². The molecular weight excluding hydrogens is 491 g/mol. The van der Waals surface area contributed by atoms with Crippen molar-refractivity contribution in [1.82, 2.24) is 15.0 Å². The summed E-state index contributed by atoms with van der Waals surface area (Å²) in [5, 5.41) is 0.622. The lowest BCUT2D eigenvalue weighted by Crippen LogP contribution is -2.15. The predicted molar refractivity (Wildman–Crippen MR) is 119 cm³/mol. The van der Waals surface area contributed by atoms with Gasteiger partial charge in [-0.15, -0.1) is 0 Å². The number of benzene rings is 2. The highest BCUT2D eigenvalue weighted by molar-refractivity contribution is 7.92. The largest absolute Gasteiger partial charge is 0.416 e. The number of nitrogens with zero attached hydrogens (tertiary/aromatic N) is 2. The highest BCUT2D eigenvalue weighted by Gasteiger charge is 2.31. The van der Waals surface area contributed by atoms with Crippen molar-refractivity contribution in [3.05, 3.63) is 82.9 Å². The molecule has 0 spiro atoms. The van der Waals surface area contributed by atoms with E-state index in [9.17, 15) is 26.0 Å². The summed E-state index contributed by atoms with van der Waals surface area (Å²) < 4.78 is 95.5. The molecule has 6 nitrogen and oxygen atoms in total. The van der Waals surface area contributed by atoms with Gasteiger partial charge in [-0.3, -0.25) is 4.72 Å². The average Bonchev–Trinajstić information content (AvgIpc) is 3.21. The molecule has 2 N–H and O–H groups in total. The molecule has 0 bridgehead atoms. The van der Waals surface area contributed by atoms with Crippen LogP contribution >= 0.6 is 0 Å². The Kier molecular flexibility index (Phi) is 6.26. The molecule has 4 aromatic rings. The fourth-order valence-electron chi connectivity index (χ4n) is 3.69. The first kappa shape index (κ1) is 24.6. The van der Waals surface area contributed by atoms with E-state index < -0.39 is 49.5 Å². The zero-order valence-corrected chi connectivity index (χ0v) is 19.2. The molecule has 2 aromatic heterocycles. The number of hydrogen-bond donors (Lipinski definition) is 2. The van der Waals surface area contributed by atoms with E-state index in [1.165, 1.54) is 6.33 Å². The van der Waals surface area contributed by atoms with Crippen molar-refractivity contribution in [1.29, 1.82) is 0 Å². The van der Waals surface area contributed by atoms with Crippen molar-refractivity contribution in [2.45, 2.75) is 37.3 Å². The number of anilines is 1. The lowest BCUT2D eigenvalue weighted by atomic mass is 9.99. The molecule has 0 aliphatic rings. The molecule has 35 heavy (non-hydrogen) atoms. The molecule has 0 saturated carbocycles. The Balaban J connectivity index is 1.68. The molecule has 0 saturated heterocycles. The number of H-pyrrole nitrogens is 1. The standard InChI is InChI=1S/C23H19F5N4O2S/c1-12(2)21-19-13(10-29-22(19)31-11-30-21)9-16-17(24)7-8-18(20(16)25)32-35(33,34)15-5-3-14(4-6-15)23(26,27)28/h3-8,10-12,32H,9H2,1-2H3,(H,29,30,31).